The van der Waals surface area contributed by atoms with Crippen molar-refractivity contribution >= 4 is 15.9 Å². The van der Waals surface area contributed by atoms with Gasteiger partial charge in [0.15, 0.2) is 0 Å². The highest BCUT2D eigenvalue weighted by Gasteiger charge is 2.34. The number of nitrogens with zero attached hydrogens (tertiary/aromatic N) is 3. The summed E-state index contributed by atoms with van der Waals surface area (Å²) >= 11 is 0. The van der Waals surface area contributed by atoms with Crippen molar-refractivity contribution < 1.29 is 13.2 Å². The summed E-state index contributed by atoms with van der Waals surface area (Å²) in [6.07, 6.45) is 5.24. The third-order valence-electron chi connectivity index (χ3n) is 5.74. The van der Waals surface area contributed by atoms with Gasteiger partial charge in [-0.1, -0.05) is 17.7 Å². The first-order valence-corrected chi connectivity index (χ1v) is 11.3. The highest BCUT2D eigenvalue weighted by Crippen LogP contribution is 2.31. The molecule has 0 bridgehead atoms. The highest BCUT2D eigenvalue weighted by atomic mass is 32.2. The van der Waals surface area contributed by atoms with E-state index in [0.29, 0.717) is 23.5 Å². The highest BCUT2D eigenvalue weighted by molar-refractivity contribution is 7.89. The summed E-state index contributed by atoms with van der Waals surface area (Å²) in [5.74, 6) is -0.0576. The fourth-order valence-corrected chi connectivity index (χ4v) is 5.65. The number of carbonyl (C=O) groups excluding carboxylic acids is 1. The van der Waals surface area contributed by atoms with E-state index in [1.165, 1.54) is 4.31 Å². The Hall–Kier alpha value is -2.19. The van der Waals surface area contributed by atoms with Crippen LogP contribution >= 0.6 is 0 Å². The van der Waals surface area contributed by atoms with Gasteiger partial charge in [-0.15, -0.1) is 0 Å². The van der Waals surface area contributed by atoms with Gasteiger partial charge in [0.1, 0.15) is 0 Å². The summed E-state index contributed by atoms with van der Waals surface area (Å²) in [6.45, 7) is 4.35. The average molecular weight is 403 g/mol. The molecule has 2 saturated heterocycles. The van der Waals surface area contributed by atoms with E-state index in [0.717, 1.165) is 50.0 Å². The first-order valence-electron chi connectivity index (χ1n) is 9.86. The molecule has 4 rings (SSSR count). The number of sulfonamides is 1. The number of piperidine rings is 1. The van der Waals surface area contributed by atoms with Crippen LogP contribution in [0.2, 0.25) is 0 Å². The van der Waals surface area contributed by atoms with E-state index < -0.39 is 10.0 Å². The number of likely N-dealkylation sites (tertiary alicyclic amines) is 1. The molecule has 3 heterocycles. The summed E-state index contributed by atoms with van der Waals surface area (Å²) in [5.41, 5.74) is 2.38. The molecule has 1 N–H and O–H groups in total. The van der Waals surface area contributed by atoms with Crippen molar-refractivity contribution in [3.05, 3.63) is 47.3 Å². The summed E-state index contributed by atoms with van der Waals surface area (Å²) in [5, 5.41) is 7.08. The number of carbonyl (C=O) groups is 1. The van der Waals surface area contributed by atoms with Crippen LogP contribution in [0.15, 0.2) is 35.4 Å². The Balaban J connectivity index is 1.56. The van der Waals surface area contributed by atoms with Gasteiger partial charge in [-0.3, -0.25) is 9.89 Å². The van der Waals surface area contributed by atoms with E-state index in [2.05, 4.69) is 10.2 Å². The van der Waals surface area contributed by atoms with Crippen LogP contribution in [0.25, 0.3) is 0 Å². The van der Waals surface area contributed by atoms with Gasteiger partial charge in [0.2, 0.25) is 10.0 Å². The minimum atomic E-state index is -3.55. The van der Waals surface area contributed by atoms with Crippen LogP contribution in [0.5, 0.6) is 0 Å². The third kappa shape index (κ3) is 3.58. The smallest absolute Gasteiger partial charge is 0.257 e. The van der Waals surface area contributed by atoms with Crippen molar-refractivity contribution in [3.8, 4) is 0 Å². The fraction of sp³-hybridized carbons (Fsp3) is 0.500. The Morgan fingerprint density at radius 1 is 1.11 bits per heavy atom. The Labute approximate surface area is 165 Å². The van der Waals surface area contributed by atoms with Crippen LogP contribution in [-0.2, 0) is 10.0 Å². The van der Waals surface area contributed by atoms with Crippen LogP contribution in [-0.4, -0.2) is 59.9 Å². The minimum absolute atomic E-state index is 0.000217. The maximum absolute atomic E-state index is 13.1. The molecule has 150 valence electrons. The maximum atomic E-state index is 13.1. The lowest BCUT2D eigenvalue weighted by Crippen LogP contribution is -2.39. The Morgan fingerprint density at radius 2 is 1.82 bits per heavy atom. The predicted octanol–water partition coefficient (Wildman–Crippen LogP) is 2.52. The van der Waals surface area contributed by atoms with Crippen molar-refractivity contribution in [2.45, 2.75) is 43.4 Å². The van der Waals surface area contributed by atoms with Crippen LogP contribution in [0.4, 0.5) is 0 Å². The van der Waals surface area contributed by atoms with Gasteiger partial charge in [0.05, 0.1) is 22.3 Å². The zero-order valence-corrected chi connectivity index (χ0v) is 16.9. The normalized spacial score (nSPS) is 21.2. The summed E-state index contributed by atoms with van der Waals surface area (Å²) in [6, 6.07) is 6.95. The molecule has 7 nitrogen and oxygen atoms in total. The van der Waals surface area contributed by atoms with Crippen molar-refractivity contribution in [2.24, 2.45) is 0 Å². The molecule has 1 aromatic carbocycles. The number of amides is 1. The molecule has 0 saturated carbocycles. The number of aryl methyl sites for hydroxylation is 1. The van der Waals surface area contributed by atoms with Gasteiger partial charge in [-0.2, -0.15) is 9.40 Å². The number of hydrogen-bond acceptors (Lipinski definition) is 4. The lowest BCUT2D eigenvalue weighted by atomic mass is 9.93. The molecule has 28 heavy (non-hydrogen) atoms. The van der Waals surface area contributed by atoms with Crippen LogP contribution < -0.4 is 0 Å². The molecular weight excluding hydrogens is 376 g/mol. The molecular formula is C20H26N4O3S. The molecule has 2 fully saturated rings. The molecule has 8 heteroatoms. The fourth-order valence-electron chi connectivity index (χ4n) is 4.12. The van der Waals surface area contributed by atoms with Crippen molar-refractivity contribution in [1.82, 2.24) is 19.4 Å². The minimum Gasteiger partial charge on any atom is -0.339 e. The van der Waals surface area contributed by atoms with E-state index in [1.807, 2.05) is 24.0 Å². The van der Waals surface area contributed by atoms with Gasteiger partial charge < -0.3 is 4.90 Å². The molecule has 2 aliphatic heterocycles. The van der Waals surface area contributed by atoms with Gasteiger partial charge >= 0.3 is 0 Å². The van der Waals surface area contributed by atoms with E-state index in [-0.39, 0.29) is 11.8 Å². The molecule has 1 unspecified atom stereocenters. The molecule has 0 aliphatic carbocycles. The number of hydrogen-bond donors (Lipinski definition) is 1. The van der Waals surface area contributed by atoms with E-state index in [1.54, 1.807) is 18.3 Å². The van der Waals surface area contributed by atoms with E-state index in [9.17, 15) is 13.2 Å². The predicted molar refractivity (Wildman–Crippen MR) is 106 cm³/mol. The second-order valence-electron chi connectivity index (χ2n) is 7.71. The Morgan fingerprint density at radius 3 is 2.54 bits per heavy atom. The number of aromatic nitrogens is 2. The summed E-state index contributed by atoms with van der Waals surface area (Å²) in [7, 11) is -3.55. The number of benzene rings is 1. The van der Waals surface area contributed by atoms with E-state index in [4.69, 9.17) is 0 Å². The Bertz CT molecular complexity index is 946. The quantitative estimate of drug-likeness (QED) is 0.851. The molecule has 2 aromatic rings. The van der Waals surface area contributed by atoms with E-state index >= 15 is 0 Å². The average Bonchev–Trinajstić information content (AvgIpc) is 3.40. The van der Waals surface area contributed by atoms with Gasteiger partial charge in [-0.05, 0) is 44.7 Å². The number of aromatic amines is 1. The molecule has 0 spiro atoms. The molecule has 1 amide bonds. The van der Waals surface area contributed by atoms with Crippen molar-refractivity contribution in [1.29, 1.82) is 0 Å². The standard InChI is InChI=1S/C20H26N4O3S/c1-15-6-8-17(9-7-15)28(26,27)24-12-4-5-16(14-24)19-18(13-21-22-19)20(25)23-10-2-3-11-23/h6-9,13,16H,2-5,10-12,14H2,1H3,(H,21,22). The second-order valence-corrected chi connectivity index (χ2v) is 9.65. The largest absolute Gasteiger partial charge is 0.339 e. The number of rotatable bonds is 4. The third-order valence-corrected chi connectivity index (χ3v) is 7.62. The summed E-state index contributed by atoms with van der Waals surface area (Å²) < 4.78 is 27.7. The first-order chi connectivity index (χ1) is 13.5. The monoisotopic (exact) mass is 402 g/mol. The number of nitrogens with one attached hydrogen (secondary N) is 1. The van der Waals surface area contributed by atoms with Gasteiger partial charge in [0, 0.05) is 32.1 Å². The molecule has 1 atom stereocenters. The molecule has 0 radical (unpaired) electrons. The zero-order valence-electron chi connectivity index (χ0n) is 16.1. The SMILES string of the molecule is Cc1ccc(S(=O)(=O)N2CCCC(c3[nH]ncc3C(=O)N3CCCC3)C2)cc1. The van der Waals surface area contributed by atoms with Gasteiger partial charge in [-0.25, -0.2) is 8.42 Å². The van der Waals surface area contributed by atoms with Gasteiger partial charge in [0.25, 0.3) is 5.91 Å². The van der Waals surface area contributed by atoms with Crippen LogP contribution in [0.1, 0.15) is 53.2 Å². The topological polar surface area (TPSA) is 86.4 Å². The summed E-state index contributed by atoms with van der Waals surface area (Å²) in [4.78, 5) is 15.0. The Kier molecular flexibility index (Phi) is 5.25. The van der Waals surface area contributed by atoms with Crippen LogP contribution in [0.3, 0.4) is 0 Å². The maximum Gasteiger partial charge on any atom is 0.257 e. The van der Waals surface area contributed by atoms with Crippen LogP contribution in [0, 0.1) is 6.92 Å². The lowest BCUT2D eigenvalue weighted by molar-refractivity contribution is 0.0791. The zero-order chi connectivity index (χ0) is 19.7. The first kappa shape index (κ1) is 19.1. The van der Waals surface area contributed by atoms with Crippen molar-refractivity contribution in [2.75, 3.05) is 26.2 Å². The molecule has 1 aromatic heterocycles. The van der Waals surface area contributed by atoms with Crippen molar-refractivity contribution in [3.63, 3.8) is 0 Å². The lowest BCUT2D eigenvalue weighted by Gasteiger charge is -2.32. The second kappa shape index (κ2) is 7.67. The number of H-pyrrole nitrogens is 1. The molecule has 2 aliphatic rings.